The molecule has 0 unspecified atom stereocenters. The number of hydrogen-bond donors (Lipinski definition) is 0. The van der Waals surface area contributed by atoms with Crippen molar-refractivity contribution in [3.63, 3.8) is 0 Å². The van der Waals surface area contributed by atoms with Crippen LogP contribution in [0.3, 0.4) is 0 Å². The molecule has 2 fully saturated rings. The average molecular weight is 461 g/mol. The highest BCUT2D eigenvalue weighted by Gasteiger charge is 2.31. The van der Waals surface area contributed by atoms with Crippen LogP contribution in [0.4, 0.5) is 11.4 Å². The van der Waals surface area contributed by atoms with Gasteiger partial charge in [-0.05, 0) is 30.8 Å². The summed E-state index contributed by atoms with van der Waals surface area (Å²) in [7, 11) is -1.82. The Balaban J connectivity index is 1.48. The van der Waals surface area contributed by atoms with E-state index in [0.29, 0.717) is 45.0 Å². The highest BCUT2D eigenvalue weighted by Crippen LogP contribution is 2.32. The van der Waals surface area contributed by atoms with Gasteiger partial charge in [0.05, 0.1) is 9.82 Å². The number of nitro benzene ring substituents is 1. The fourth-order valence-electron chi connectivity index (χ4n) is 4.15. The van der Waals surface area contributed by atoms with Gasteiger partial charge in [-0.15, -0.1) is 0 Å². The van der Waals surface area contributed by atoms with Crippen LogP contribution in [-0.2, 0) is 16.6 Å². The van der Waals surface area contributed by atoms with E-state index >= 15 is 0 Å². The van der Waals surface area contributed by atoms with E-state index in [-0.39, 0.29) is 10.6 Å². The molecule has 2 aliphatic rings. The van der Waals surface area contributed by atoms with Crippen LogP contribution >= 0.6 is 0 Å². The number of nitro groups is 1. The number of hydrogen-bond acceptors (Lipinski definition) is 8. The first kappa shape index (κ1) is 22.6. The van der Waals surface area contributed by atoms with E-state index in [1.165, 1.54) is 16.4 Å². The summed E-state index contributed by atoms with van der Waals surface area (Å²) >= 11 is 0. The van der Waals surface area contributed by atoms with Crippen LogP contribution in [0.2, 0.25) is 0 Å². The Bertz CT molecular complexity index is 1050. The molecule has 172 valence electrons. The average Bonchev–Trinajstić information content (AvgIpc) is 2.80. The number of benzene rings is 1. The number of rotatable bonds is 6. The first-order chi connectivity index (χ1) is 15.3. The van der Waals surface area contributed by atoms with Crippen molar-refractivity contribution in [3.8, 4) is 0 Å². The lowest BCUT2D eigenvalue weighted by Gasteiger charge is -2.36. The highest BCUT2D eigenvalue weighted by molar-refractivity contribution is 7.89. The van der Waals surface area contributed by atoms with Crippen LogP contribution in [0.25, 0.3) is 0 Å². The van der Waals surface area contributed by atoms with Gasteiger partial charge in [-0.1, -0.05) is 6.07 Å². The van der Waals surface area contributed by atoms with Gasteiger partial charge in [-0.25, -0.2) is 8.42 Å². The molecule has 2 aliphatic heterocycles. The first-order valence-corrected chi connectivity index (χ1v) is 12.1. The van der Waals surface area contributed by atoms with Gasteiger partial charge in [-0.2, -0.15) is 4.31 Å². The number of sulfonamides is 1. The van der Waals surface area contributed by atoms with Crippen molar-refractivity contribution >= 4 is 21.4 Å². The van der Waals surface area contributed by atoms with Crippen LogP contribution < -0.4 is 4.90 Å². The molecule has 0 N–H and O–H groups in total. The second-order valence-electron chi connectivity index (χ2n) is 8.24. The van der Waals surface area contributed by atoms with Gasteiger partial charge in [0.15, 0.2) is 0 Å². The lowest BCUT2D eigenvalue weighted by molar-refractivity contribution is -0.384. The molecule has 2 aromatic rings. The molecule has 0 atom stereocenters. The molecule has 1 aromatic carbocycles. The van der Waals surface area contributed by atoms with Crippen molar-refractivity contribution in [1.82, 2.24) is 19.1 Å². The molecule has 0 bridgehead atoms. The zero-order valence-electron chi connectivity index (χ0n) is 18.1. The smallest absolute Gasteiger partial charge is 0.293 e. The summed E-state index contributed by atoms with van der Waals surface area (Å²) in [6.45, 7) is 5.61. The van der Waals surface area contributed by atoms with Crippen LogP contribution in [0.15, 0.2) is 47.6 Å². The van der Waals surface area contributed by atoms with Gasteiger partial charge < -0.3 is 9.80 Å². The SMILES string of the molecule is CN1CCN(S(=O)(=O)c2ccc(N3CCN(Cc4cccnc4)CC3)c([N+](=O)[O-])c2)CC1. The molecule has 32 heavy (non-hydrogen) atoms. The largest absolute Gasteiger partial charge is 0.363 e. The minimum atomic E-state index is -3.76. The number of anilines is 1. The van der Waals surface area contributed by atoms with Crippen LogP contribution in [0, 0.1) is 10.1 Å². The maximum absolute atomic E-state index is 13.0. The Labute approximate surface area is 188 Å². The molecule has 0 saturated carbocycles. The van der Waals surface area contributed by atoms with Gasteiger partial charge >= 0.3 is 0 Å². The maximum atomic E-state index is 13.0. The topological polar surface area (TPSA) is 103 Å². The molecule has 0 radical (unpaired) electrons. The summed E-state index contributed by atoms with van der Waals surface area (Å²) in [6, 6.07) is 8.23. The van der Waals surface area contributed by atoms with E-state index in [0.717, 1.165) is 25.2 Å². The van der Waals surface area contributed by atoms with Gasteiger partial charge in [0, 0.05) is 77.4 Å². The molecule has 11 heteroatoms. The third-order valence-corrected chi connectivity index (χ3v) is 7.98. The highest BCUT2D eigenvalue weighted by atomic mass is 32.2. The molecule has 0 amide bonds. The number of likely N-dealkylation sites (N-methyl/N-ethyl adjacent to an activating group) is 1. The summed E-state index contributed by atoms with van der Waals surface area (Å²) in [4.78, 5) is 21.8. The Hall–Kier alpha value is -2.60. The van der Waals surface area contributed by atoms with E-state index in [9.17, 15) is 18.5 Å². The molecule has 4 rings (SSSR count). The molecule has 3 heterocycles. The quantitative estimate of drug-likeness (QED) is 0.469. The zero-order valence-corrected chi connectivity index (χ0v) is 18.9. The van der Waals surface area contributed by atoms with Crippen molar-refractivity contribution in [2.24, 2.45) is 0 Å². The number of piperazine rings is 2. The van der Waals surface area contributed by atoms with Gasteiger partial charge in [-0.3, -0.25) is 20.0 Å². The minimum absolute atomic E-state index is 0.0206. The van der Waals surface area contributed by atoms with Crippen molar-refractivity contribution in [2.75, 3.05) is 64.3 Å². The zero-order chi connectivity index (χ0) is 22.7. The number of nitrogens with zero attached hydrogens (tertiary/aromatic N) is 6. The minimum Gasteiger partial charge on any atom is -0.363 e. The number of pyridine rings is 1. The molecule has 2 saturated heterocycles. The maximum Gasteiger partial charge on any atom is 0.293 e. The monoisotopic (exact) mass is 460 g/mol. The first-order valence-electron chi connectivity index (χ1n) is 10.7. The predicted octanol–water partition coefficient (Wildman–Crippen LogP) is 1.25. The third kappa shape index (κ3) is 4.90. The van der Waals surface area contributed by atoms with Crippen molar-refractivity contribution < 1.29 is 13.3 Å². The second-order valence-corrected chi connectivity index (χ2v) is 10.2. The second kappa shape index (κ2) is 9.49. The van der Waals surface area contributed by atoms with E-state index in [4.69, 9.17) is 0 Å². The Morgan fingerprint density at radius 3 is 2.38 bits per heavy atom. The van der Waals surface area contributed by atoms with E-state index in [1.54, 1.807) is 12.3 Å². The Morgan fingerprint density at radius 2 is 1.75 bits per heavy atom. The summed E-state index contributed by atoms with van der Waals surface area (Å²) < 4.78 is 27.5. The van der Waals surface area contributed by atoms with E-state index in [1.807, 2.05) is 30.3 Å². The molecule has 0 aliphatic carbocycles. The molecular weight excluding hydrogens is 432 g/mol. The standard InChI is InChI=1S/C21H28N6O4S/c1-23-7-13-26(14-8-23)32(30,31)19-4-5-20(21(15-19)27(28)29)25-11-9-24(10-12-25)17-18-3-2-6-22-16-18/h2-6,15-16H,7-14,17H2,1H3. The Morgan fingerprint density at radius 1 is 1.03 bits per heavy atom. The van der Waals surface area contributed by atoms with Gasteiger partial charge in [0.25, 0.3) is 5.69 Å². The van der Waals surface area contributed by atoms with Crippen molar-refractivity contribution in [2.45, 2.75) is 11.4 Å². The van der Waals surface area contributed by atoms with Gasteiger partial charge in [0.2, 0.25) is 10.0 Å². The summed E-state index contributed by atoms with van der Waals surface area (Å²) in [5, 5.41) is 11.8. The van der Waals surface area contributed by atoms with Crippen molar-refractivity contribution in [1.29, 1.82) is 0 Å². The lowest BCUT2D eigenvalue weighted by Crippen LogP contribution is -2.47. The van der Waals surface area contributed by atoms with Crippen LogP contribution in [0.1, 0.15) is 5.56 Å². The van der Waals surface area contributed by atoms with Crippen LogP contribution in [0.5, 0.6) is 0 Å². The molecular formula is C21H28N6O4S. The molecule has 0 spiro atoms. The molecule has 10 nitrogen and oxygen atoms in total. The lowest BCUT2D eigenvalue weighted by atomic mass is 10.2. The number of aromatic nitrogens is 1. The van der Waals surface area contributed by atoms with Crippen LogP contribution in [-0.4, -0.2) is 91.8 Å². The Kier molecular flexibility index (Phi) is 6.70. The van der Waals surface area contributed by atoms with E-state index in [2.05, 4.69) is 14.8 Å². The van der Waals surface area contributed by atoms with Crippen molar-refractivity contribution in [3.05, 3.63) is 58.4 Å². The predicted molar refractivity (Wildman–Crippen MR) is 121 cm³/mol. The fourth-order valence-corrected chi connectivity index (χ4v) is 5.59. The summed E-state index contributed by atoms with van der Waals surface area (Å²) in [5.41, 5.74) is 1.43. The van der Waals surface area contributed by atoms with Gasteiger partial charge in [0.1, 0.15) is 5.69 Å². The normalized spacial score (nSPS) is 19.2. The fraction of sp³-hybridized carbons (Fsp3) is 0.476. The summed E-state index contributed by atoms with van der Waals surface area (Å²) in [6.07, 6.45) is 3.59. The summed E-state index contributed by atoms with van der Waals surface area (Å²) in [5.74, 6) is 0. The third-order valence-electron chi connectivity index (χ3n) is 6.09. The van der Waals surface area contributed by atoms with E-state index < -0.39 is 14.9 Å². The molecule has 1 aromatic heterocycles.